The van der Waals surface area contributed by atoms with Crippen LogP contribution < -0.4 is 20.2 Å². The van der Waals surface area contributed by atoms with Gasteiger partial charge in [-0.15, -0.1) is 0 Å². The molecule has 0 atom stereocenters. The monoisotopic (exact) mass is 445 g/mol. The van der Waals surface area contributed by atoms with Gasteiger partial charge in [-0.3, -0.25) is 9.59 Å². The number of rotatable bonds is 7. The summed E-state index contributed by atoms with van der Waals surface area (Å²) in [6.07, 6.45) is 1.37. The second-order valence-corrected chi connectivity index (χ2v) is 6.94. The van der Waals surface area contributed by atoms with Crippen LogP contribution in [0.1, 0.15) is 28.4 Å². The van der Waals surface area contributed by atoms with Crippen LogP contribution in [0.2, 0.25) is 0 Å². The lowest BCUT2D eigenvalue weighted by Gasteiger charge is -2.06. The Labute approximate surface area is 191 Å². The summed E-state index contributed by atoms with van der Waals surface area (Å²) in [4.78, 5) is 36.0. The van der Waals surface area contributed by atoms with Crippen molar-refractivity contribution in [2.24, 2.45) is 5.10 Å². The third-order valence-corrected chi connectivity index (χ3v) is 4.39. The first kappa shape index (κ1) is 23.2. The van der Waals surface area contributed by atoms with E-state index in [9.17, 15) is 14.4 Å². The second kappa shape index (κ2) is 11.2. The third kappa shape index (κ3) is 7.03. The van der Waals surface area contributed by atoms with E-state index in [0.717, 1.165) is 5.56 Å². The molecule has 2 N–H and O–H groups in total. The molecule has 0 unspecified atom stereocenters. The van der Waals surface area contributed by atoms with E-state index < -0.39 is 17.8 Å². The molecule has 0 aliphatic rings. The number of carbonyl (C=O) groups is 3. The predicted octanol–water partition coefficient (Wildman–Crippen LogP) is 3.70. The molecule has 0 saturated heterocycles. The standard InChI is InChI=1S/C25H23N3O5/c1-3-32-21-14-10-20(11-15-21)27-23(29)24(30)28-26-16-18-6-12-22(13-7-18)33-25(31)19-8-4-17(2)5-9-19/h4-16H,3H2,1-2H3,(H,27,29)(H,28,30)/b26-16+. The summed E-state index contributed by atoms with van der Waals surface area (Å²) >= 11 is 0. The van der Waals surface area contributed by atoms with Crippen LogP contribution >= 0.6 is 0 Å². The molecular formula is C25H23N3O5. The predicted molar refractivity (Wildman–Crippen MR) is 125 cm³/mol. The lowest BCUT2D eigenvalue weighted by molar-refractivity contribution is -0.136. The Morgan fingerprint density at radius 1 is 0.848 bits per heavy atom. The molecule has 0 saturated carbocycles. The number of carbonyl (C=O) groups excluding carboxylic acids is 3. The first-order valence-corrected chi connectivity index (χ1v) is 10.2. The summed E-state index contributed by atoms with van der Waals surface area (Å²) in [5, 5.41) is 6.25. The van der Waals surface area contributed by atoms with Crippen molar-refractivity contribution in [1.82, 2.24) is 5.43 Å². The van der Waals surface area contributed by atoms with E-state index >= 15 is 0 Å². The number of nitrogens with one attached hydrogen (secondary N) is 2. The summed E-state index contributed by atoms with van der Waals surface area (Å²) in [5.74, 6) is -1.18. The fourth-order valence-electron chi connectivity index (χ4n) is 2.68. The third-order valence-electron chi connectivity index (χ3n) is 4.39. The van der Waals surface area contributed by atoms with Crippen molar-refractivity contribution in [3.05, 3.63) is 89.5 Å². The molecule has 3 rings (SSSR count). The molecule has 0 aliphatic heterocycles. The molecular weight excluding hydrogens is 422 g/mol. The Hall–Kier alpha value is -4.46. The highest BCUT2D eigenvalue weighted by atomic mass is 16.5. The number of benzene rings is 3. The minimum absolute atomic E-state index is 0.372. The summed E-state index contributed by atoms with van der Waals surface area (Å²) in [7, 11) is 0. The van der Waals surface area contributed by atoms with Gasteiger partial charge in [-0.05, 0) is 80.1 Å². The van der Waals surface area contributed by atoms with E-state index in [1.54, 1.807) is 60.7 Å². The molecule has 33 heavy (non-hydrogen) atoms. The summed E-state index contributed by atoms with van der Waals surface area (Å²) < 4.78 is 10.7. The number of hydrogen-bond donors (Lipinski definition) is 2. The second-order valence-electron chi connectivity index (χ2n) is 6.94. The number of nitrogens with zero attached hydrogens (tertiary/aromatic N) is 1. The molecule has 8 heteroatoms. The zero-order chi connectivity index (χ0) is 23.6. The van der Waals surface area contributed by atoms with E-state index in [4.69, 9.17) is 9.47 Å². The number of ether oxygens (including phenoxy) is 2. The first-order chi connectivity index (χ1) is 15.9. The van der Waals surface area contributed by atoms with Gasteiger partial charge in [-0.25, -0.2) is 10.2 Å². The fraction of sp³-hybridized carbons (Fsp3) is 0.120. The number of amides is 2. The van der Waals surface area contributed by atoms with Gasteiger partial charge in [0.25, 0.3) is 0 Å². The number of aryl methyl sites for hydroxylation is 1. The Morgan fingerprint density at radius 2 is 1.48 bits per heavy atom. The van der Waals surface area contributed by atoms with Crippen LogP contribution in [0.5, 0.6) is 11.5 Å². The highest BCUT2D eigenvalue weighted by Gasteiger charge is 2.13. The highest BCUT2D eigenvalue weighted by Crippen LogP contribution is 2.16. The zero-order valence-electron chi connectivity index (χ0n) is 18.2. The summed E-state index contributed by atoms with van der Waals surface area (Å²) in [5.41, 5.74) is 4.77. The van der Waals surface area contributed by atoms with Crippen LogP contribution in [0.3, 0.4) is 0 Å². The van der Waals surface area contributed by atoms with E-state index in [-0.39, 0.29) is 0 Å². The largest absolute Gasteiger partial charge is 0.494 e. The first-order valence-electron chi connectivity index (χ1n) is 10.2. The fourth-order valence-corrected chi connectivity index (χ4v) is 2.68. The summed E-state index contributed by atoms with van der Waals surface area (Å²) in [6, 6.07) is 20.3. The van der Waals surface area contributed by atoms with Crippen molar-refractivity contribution in [1.29, 1.82) is 0 Å². The quantitative estimate of drug-likeness (QED) is 0.190. The van der Waals surface area contributed by atoms with Crippen LogP contribution in [0.4, 0.5) is 5.69 Å². The van der Waals surface area contributed by atoms with Crippen LogP contribution in [-0.2, 0) is 9.59 Å². The van der Waals surface area contributed by atoms with Gasteiger partial charge in [0.15, 0.2) is 0 Å². The molecule has 0 aromatic heterocycles. The van der Waals surface area contributed by atoms with Crippen LogP contribution in [0.25, 0.3) is 0 Å². The zero-order valence-corrected chi connectivity index (χ0v) is 18.2. The topological polar surface area (TPSA) is 106 Å². The molecule has 2 amide bonds. The Morgan fingerprint density at radius 3 is 2.12 bits per heavy atom. The molecule has 0 bridgehead atoms. The molecule has 0 fully saturated rings. The van der Waals surface area contributed by atoms with Gasteiger partial charge in [-0.1, -0.05) is 17.7 Å². The molecule has 3 aromatic carbocycles. The van der Waals surface area contributed by atoms with Gasteiger partial charge in [0.2, 0.25) is 0 Å². The van der Waals surface area contributed by atoms with Gasteiger partial charge in [0.1, 0.15) is 11.5 Å². The molecule has 168 valence electrons. The molecule has 3 aromatic rings. The minimum Gasteiger partial charge on any atom is -0.494 e. The molecule has 0 radical (unpaired) electrons. The average molecular weight is 445 g/mol. The Balaban J connectivity index is 1.48. The van der Waals surface area contributed by atoms with E-state index in [1.165, 1.54) is 6.21 Å². The maximum Gasteiger partial charge on any atom is 0.343 e. The van der Waals surface area contributed by atoms with Gasteiger partial charge >= 0.3 is 17.8 Å². The van der Waals surface area contributed by atoms with Crippen LogP contribution in [-0.4, -0.2) is 30.6 Å². The lowest BCUT2D eigenvalue weighted by Crippen LogP contribution is -2.32. The van der Waals surface area contributed by atoms with Crippen molar-refractivity contribution < 1.29 is 23.9 Å². The average Bonchev–Trinajstić information content (AvgIpc) is 2.82. The van der Waals surface area contributed by atoms with Gasteiger partial charge < -0.3 is 14.8 Å². The van der Waals surface area contributed by atoms with Crippen molar-refractivity contribution in [2.45, 2.75) is 13.8 Å². The molecule has 8 nitrogen and oxygen atoms in total. The van der Waals surface area contributed by atoms with Crippen molar-refractivity contribution >= 4 is 29.7 Å². The summed E-state index contributed by atoms with van der Waals surface area (Å²) in [6.45, 7) is 4.34. The highest BCUT2D eigenvalue weighted by molar-refractivity contribution is 6.39. The van der Waals surface area contributed by atoms with Crippen molar-refractivity contribution in [2.75, 3.05) is 11.9 Å². The Bertz CT molecular complexity index is 1140. The van der Waals surface area contributed by atoms with E-state index in [1.807, 2.05) is 26.0 Å². The van der Waals surface area contributed by atoms with Gasteiger partial charge in [-0.2, -0.15) is 5.10 Å². The normalized spacial score (nSPS) is 10.5. The van der Waals surface area contributed by atoms with E-state index in [0.29, 0.717) is 34.9 Å². The lowest BCUT2D eigenvalue weighted by atomic mass is 10.1. The van der Waals surface area contributed by atoms with Crippen LogP contribution in [0.15, 0.2) is 77.9 Å². The maximum atomic E-state index is 12.2. The molecule has 0 aliphatic carbocycles. The number of anilines is 1. The SMILES string of the molecule is CCOc1ccc(NC(=O)C(=O)N/N=C/c2ccc(OC(=O)c3ccc(C)cc3)cc2)cc1. The smallest absolute Gasteiger partial charge is 0.343 e. The van der Waals surface area contributed by atoms with E-state index in [2.05, 4.69) is 15.8 Å². The molecule has 0 heterocycles. The minimum atomic E-state index is -0.913. The van der Waals surface area contributed by atoms with Crippen LogP contribution in [0, 0.1) is 6.92 Å². The van der Waals surface area contributed by atoms with Crippen molar-refractivity contribution in [3.63, 3.8) is 0 Å². The number of hydrogen-bond acceptors (Lipinski definition) is 6. The maximum absolute atomic E-state index is 12.2. The van der Waals surface area contributed by atoms with Gasteiger partial charge in [0, 0.05) is 5.69 Å². The number of esters is 1. The molecule has 0 spiro atoms. The Kier molecular flexibility index (Phi) is 7.91. The number of hydrazone groups is 1. The van der Waals surface area contributed by atoms with Crippen molar-refractivity contribution in [3.8, 4) is 11.5 Å². The van der Waals surface area contributed by atoms with Gasteiger partial charge in [0.05, 0.1) is 18.4 Å².